The molecule has 1 saturated heterocycles. The second-order valence-electron chi connectivity index (χ2n) is 4.34. The van der Waals surface area contributed by atoms with Gasteiger partial charge in [0.1, 0.15) is 5.60 Å². The van der Waals surface area contributed by atoms with Gasteiger partial charge in [0.25, 0.3) is 0 Å². The minimum Gasteiger partial charge on any atom is -0.444 e. The predicted molar refractivity (Wildman–Crippen MR) is 58.2 cm³/mol. The fourth-order valence-corrected chi connectivity index (χ4v) is 2.41. The molecule has 0 aliphatic carbocycles. The largest absolute Gasteiger partial charge is 0.444 e. The van der Waals surface area contributed by atoms with E-state index in [4.69, 9.17) is 10.5 Å². The molecule has 0 aromatic rings. The zero-order valence-electron chi connectivity index (χ0n) is 8.95. The zero-order valence-corrected chi connectivity index (χ0v) is 9.76. The number of carbonyl (C=O) groups is 1. The predicted octanol–water partition coefficient (Wildman–Crippen LogP) is 1.26. The molecule has 0 unspecified atom stereocenters. The Morgan fingerprint density at radius 1 is 1.64 bits per heavy atom. The zero-order chi connectivity index (χ0) is 10.8. The van der Waals surface area contributed by atoms with Crippen molar-refractivity contribution in [2.45, 2.75) is 32.4 Å². The molecular weight excluding hydrogens is 200 g/mol. The van der Waals surface area contributed by atoms with Crippen LogP contribution in [0.2, 0.25) is 0 Å². The number of amides is 1. The average molecular weight is 218 g/mol. The Kier molecular flexibility index (Phi) is 3.66. The van der Waals surface area contributed by atoms with Crippen molar-refractivity contribution in [2.24, 2.45) is 5.73 Å². The highest BCUT2D eigenvalue weighted by atomic mass is 32.2. The van der Waals surface area contributed by atoms with Crippen molar-refractivity contribution >= 4 is 17.9 Å². The number of hydrogen-bond donors (Lipinski definition) is 1. The van der Waals surface area contributed by atoms with Crippen LogP contribution in [0.1, 0.15) is 20.8 Å². The Morgan fingerprint density at radius 2 is 2.29 bits per heavy atom. The van der Waals surface area contributed by atoms with Crippen molar-refractivity contribution < 1.29 is 9.53 Å². The molecule has 1 amide bonds. The number of hydrogen-bond acceptors (Lipinski definition) is 4. The molecule has 0 radical (unpaired) electrons. The minimum absolute atomic E-state index is 0.134. The van der Waals surface area contributed by atoms with Gasteiger partial charge in [-0.1, -0.05) is 0 Å². The summed E-state index contributed by atoms with van der Waals surface area (Å²) >= 11 is 1.71. The summed E-state index contributed by atoms with van der Waals surface area (Å²) in [6.07, 6.45) is -0.252. The summed E-state index contributed by atoms with van der Waals surface area (Å²) in [6, 6.07) is 0.134. The summed E-state index contributed by atoms with van der Waals surface area (Å²) in [5.41, 5.74) is 5.14. The second kappa shape index (κ2) is 4.40. The molecule has 0 aromatic carbocycles. The first kappa shape index (κ1) is 11.7. The van der Waals surface area contributed by atoms with E-state index in [1.165, 1.54) is 0 Å². The Bertz CT molecular complexity index is 215. The first-order valence-corrected chi connectivity index (χ1v) is 5.87. The van der Waals surface area contributed by atoms with Crippen LogP contribution in [0.5, 0.6) is 0 Å². The van der Waals surface area contributed by atoms with E-state index in [1.54, 1.807) is 16.7 Å². The lowest BCUT2D eigenvalue weighted by Gasteiger charge is -2.27. The lowest BCUT2D eigenvalue weighted by molar-refractivity contribution is 0.0246. The van der Waals surface area contributed by atoms with Crippen molar-refractivity contribution in [1.82, 2.24) is 4.90 Å². The van der Waals surface area contributed by atoms with Gasteiger partial charge in [0.15, 0.2) is 0 Å². The molecule has 14 heavy (non-hydrogen) atoms. The van der Waals surface area contributed by atoms with Crippen LogP contribution in [-0.4, -0.2) is 40.8 Å². The molecule has 1 atom stereocenters. The first-order valence-electron chi connectivity index (χ1n) is 4.71. The van der Waals surface area contributed by atoms with Crippen LogP contribution < -0.4 is 5.73 Å². The molecule has 0 bridgehead atoms. The topological polar surface area (TPSA) is 55.6 Å². The van der Waals surface area contributed by atoms with E-state index in [1.807, 2.05) is 20.8 Å². The lowest BCUT2D eigenvalue weighted by Crippen LogP contribution is -2.43. The standard InChI is InChI=1S/C9H18N2O2S/c1-9(2,3)13-8(12)11-6-14-5-7(11)4-10/h7H,4-6,10H2,1-3H3/t7-/m0/s1. The van der Waals surface area contributed by atoms with Gasteiger partial charge in [0.2, 0.25) is 0 Å². The van der Waals surface area contributed by atoms with Gasteiger partial charge in [-0.15, -0.1) is 11.8 Å². The summed E-state index contributed by atoms with van der Waals surface area (Å²) in [6.45, 7) is 6.11. The number of rotatable bonds is 1. The quantitative estimate of drug-likeness (QED) is 0.720. The summed E-state index contributed by atoms with van der Waals surface area (Å²) in [5.74, 6) is 1.60. The van der Waals surface area contributed by atoms with E-state index < -0.39 is 5.60 Å². The SMILES string of the molecule is CC(C)(C)OC(=O)N1CSC[C@@H]1CN. The van der Waals surface area contributed by atoms with Crippen LogP contribution in [0.4, 0.5) is 4.79 Å². The van der Waals surface area contributed by atoms with Gasteiger partial charge in [-0.05, 0) is 20.8 Å². The normalized spacial score (nSPS) is 22.6. The van der Waals surface area contributed by atoms with Crippen molar-refractivity contribution in [3.8, 4) is 0 Å². The van der Waals surface area contributed by atoms with Crippen LogP contribution in [0.15, 0.2) is 0 Å². The van der Waals surface area contributed by atoms with Crippen LogP contribution in [0.3, 0.4) is 0 Å². The molecule has 1 heterocycles. The molecular formula is C9H18N2O2S. The highest BCUT2D eigenvalue weighted by Gasteiger charge is 2.31. The molecule has 5 heteroatoms. The average Bonchev–Trinajstić information content (AvgIpc) is 2.47. The van der Waals surface area contributed by atoms with Gasteiger partial charge in [-0.2, -0.15) is 0 Å². The van der Waals surface area contributed by atoms with Gasteiger partial charge < -0.3 is 10.5 Å². The molecule has 2 N–H and O–H groups in total. The van der Waals surface area contributed by atoms with E-state index in [2.05, 4.69) is 0 Å². The molecule has 4 nitrogen and oxygen atoms in total. The number of ether oxygens (including phenoxy) is 1. The van der Waals surface area contributed by atoms with Crippen molar-refractivity contribution in [3.05, 3.63) is 0 Å². The fourth-order valence-electron chi connectivity index (χ4n) is 1.20. The lowest BCUT2D eigenvalue weighted by atomic mass is 10.2. The molecule has 0 spiro atoms. The third kappa shape index (κ3) is 3.06. The van der Waals surface area contributed by atoms with Crippen molar-refractivity contribution in [3.63, 3.8) is 0 Å². The molecule has 1 rings (SSSR count). The first-order chi connectivity index (χ1) is 6.44. The van der Waals surface area contributed by atoms with Crippen LogP contribution >= 0.6 is 11.8 Å². The maximum atomic E-state index is 11.7. The summed E-state index contributed by atoms with van der Waals surface area (Å²) < 4.78 is 5.27. The Balaban J connectivity index is 2.52. The van der Waals surface area contributed by atoms with Gasteiger partial charge in [-0.3, -0.25) is 4.90 Å². The van der Waals surface area contributed by atoms with Gasteiger partial charge in [0.05, 0.1) is 11.9 Å². The Labute approximate surface area is 89.2 Å². The molecule has 1 fully saturated rings. The summed E-state index contributed by atoms with van der Waals surface area (Å²) in [5, 5.41) is 0. The summed E-state index contributed by atoms with van der Waals surface area (Å²) in [7, 11) is 0. The maximum absolute atomic E-state index is 11.7. The van der Waals surface area contributed by atoms with Gasteiger partial charge >= 0.3 is 6.09 Å². The number of thioether (sulfide) groups is 1. The van der Waals surface area contributed by atoms with Crippen LogP contribution in [0, 0.1) is 0 Å². The van der Waals surface area contributed by atoms with E-state index in [-0.39, 0.29) is 12.1 Å². The summed E-state index contributed by atoms with van der Waals surface area (Å²) in [4.78, 5) is 13.4. The third-order valence-electron chi connectivity index (χ3n) is 1.88. The monoisotopic (exact) mass is 218 g/mol. The van der Waals surface area contributed by atoms with E-state index in [0.717, 1.165) is 5.75 Å². The smallest absolute Gasteiger partial charge is 0.411 e. The van der Waals surface area contributed by atoms with Gasteiger partial charge in [0, 0.05) is 12.3 Å². The fraction of sp³-hybridized carbons (Fsp3) is 0.889. The molecule has 0 aromatic heterocycles. The van der Waals surface area contributed by atoms with Gasteiger partial charge in [-0.25, -0.2) is 4.79 Å². The van der Waals surface area contributed by atoms with Crippen molar-refractivity contribution in [2.75, 3.05) is 18.2 Å². The number of nitrogens with zero attached hydrogens (tertiary/aromatic N) is 1. The van der Waals surface area contributed by atoms with E-state index in [9.17, 15) is 4.79 Å². The van der Waals surface area contributed by atoms with Crippen molar-refractivity contribution in [1.29, 1.82) is 0 Å². The molecule has 0 saturated carbocycles. The highest BCUT2D eigenvalue weighted by Crippen LogP contribution is 2.22. The van der Waals surface area contributed by atoms with E-state index >= 15 is 0 Å². The maximum Gasteiger partial charge on any atom is 0.411 e. The minimum atomic E-state index is -0.427. The molecule has 1 aliphatic heterocycles. The second-order valence-corrected chi connectivity index (χ2v) is 5.34. The Hall–Kier alpha value is -0.420. The van der Waals surface area contributed by atoms with Crippen LogP contribution in [-0.2, 0) is 4.74 Å². The number of carbonyl (C=O) groups excluding carboxylic acids is 1. The highest BCUT2D eigenvalue weighted by molar-refractivity contribution is 7.99. The van der Waals surface area contributed by atoms with Crippen LogP contribution in [0.25, 0.3) is 0 Å². The molecule has 82 valence electrons. The third-order valence-corrected chi connectivity index (χ3v) is 2.96. The number of nitrogens with two attached hydrogens (primary N) is 1. The molecule has 1 aliphatic rings. The Morgan fingerprint density at radius 3 is 2.79 bits per heavy atom. The van der Waals surface area contributed by atoms with E-state index in [0.29, 0.717) is 12.4 Å².